The molecule has 0 aromatic carbocycles. The molecule has 2 rings (SSSR count). The van der Waals surface area contributed by atoms with Crippen LogP contribution in [-0.4, -0.2) is 16.8 Å². The van der Waals surface area contributed by atoms with Crippen molar-refractivity contribution < 1.29 is 9.90 Å². The van der Waals surface area contributed by atoms with Crippen LogP contribution in [0.1, 0.15) is 6.92 Å². The van der Waals surface area contributed by atoms with Gasteiger partial charge in [-0.15, -0.1) is 0 Å². The zero-order valence-electron chi connectivity index (χ0n) is 8.34. The van der Waals surface area contributed by atoms with Crippen molar-refractivity contribution in [1.29, 1.82) is 0 Å². The van der Waals surface area contributed by atoms with Crippen molar-refractivity contribution in [3.8, 4) is 0 Å². The van der Waals surface area contributed by atoms with Crippen LogP contribution in [-0.2, 0) is 4.79 Å². The molecule has 0 saturated heterocycles. The van der Waals surface area contributed by atoms with Gasteiger partial charge in [-0.1, -0.05) is 12.2 Å². The highest BCUT2D eigenvalue weighted by atomic mass is 16.4. The molecule has 3 N–H and O–H groups in total. The molecule has 1 aliphatic carbocycles. The molecule has 2 atom stereocenters. The molecule has 15 heavy (non-hydrogen) atoms. The topological polar surface area (TPSA) is 75.7 Å². The van der Waals surface area contributed by atoms with Gasteiger partial charge in [-0.2, -0.15) is 0 Å². The Morgan fingerprint density at radius 2 is 2.40 bits per heavy atom. The van der Waals surface area contributed by atoms with E-state index in [0.717, 1.165) is 0 Å². The molecule has 0 bridgehead atoms. The Morgan fingerprint density at radius 3 is 3.07 bits per heavy atom. The molecule has 1 heterocycles. The molecular weight excluding hydrogens is 192 g/mol. The van der Waals surface area contributed by atoms with Crippen LogP contribution in [0.4, 0.5) is 0 Å². The molecule has 0 radical (unpaired) electrons. The number of hydrogen-bond donors (Lipinski definition) is 2. The number of hydrogen-bond acceptors (Lipinski definition) is 3. The molecule has 0 amide bonds. The first-order valence-corrected chi connectivity index (χ1v) is 4.69. The lowest BCUT2D eigenvalue weighted by atomic mass is 9.71. The monoisotopic (exact) mass is 204 g/mol. The van der Waals surface area contributed by atoms with E-state index < -0.39 is 11.4 Å². The van der Waals surface area contributed by atoms with Crippen molar-refractivity contribution in [2.75, 3.05) is 0 Å². The lowest BCUT2D eigenvalue weighted by molar-refractivity contribution is -0.146. The van der Waals surface area contributed by atoms with Crippen LogP contribution in [0.15, 0.2) is 41.2 Å². The Hall–Kier alpha value is -1.84. The van der Waals surface area contributed by atoms with E-state index >= 15 is 0 Å². The summed E-state index contributed by atoms with van der Waals surface area (Å²) in [5, 5.41) is 9.22. The van der Waals surface area contributed by atoms with Gasteiger partial charge in [0.05, 0.1) is 16.8 Å². The van der Waals surface area contributed by atoms with Crippen LogP contribution in [0.5, 0.6) is 0 Å². The predicted molar refractivity (Wildman–Crippen MR) is 57.2 cm³/mol. The highest BCUT2D eigenvalue weighted by Gasteiger charge is 2.43. The number of carbonyl (C=O) groups is 1. The maximum atomic E-state index is 11.2. The fourth-order valence-corrected chi connectivity index (χ4v) is 1.85. The van der Waals surface area contributed by atoms with Crippen LogP contribution in [0.2, 0.25) is 0 Å². The summed E-state index contributed by atoms with van der Waals surface area (Å²) < 4.78 is 0. The minimum atomic E-state index is -0.952. The summed E-state index contributed by atoms with van der Waals surface area (Å²) in [5.41, 5.74) is 6.00. The van der Waals surface area contributed by atoms with Gasteiger partial charge in [-0.3, -0.25) is 9.79 Å². The molecule has 1 unspecified atom stereocenters. The van der Waals surface area contributed by atoms with Crippen LogP contribution in [0, 0.1) is 11.3 Å². The summed E-state index contributed by atoms with van der Waals surface area (Å²) in [6.45, 7) is 1.67. The van der Waals surface area contributed by atoms with Gasteiger partial charge in [0.1, 0.15) is 0 Å². The van der Waals surface area contributed by atoms with Crippen LogP contribution < -0.4 is 5.73 Å². The minimum Gasteiger partial charge on any atom is -0.481 e. The molecule has 78 valence electrons. The van der Waals surface area contributed by atoms with Gasteiger partial charge in [-0.05, 0) is 19.1 Å². The van der Waals surface area contributed by atoms with E-state index in [4.69, 9.17) is 5.73 Å². The van der Waals surface area contributed by atoms with E-state index in [1.807, 2.05) is 6.08 Å². The molecular formula is C11H12N2O2. The van der Waals surface area contributed by atoms with E-state index in [2.05, 4.69) is 4.99 Å². The first-order chi connectivity index (χ1) is 7.05. The van der Waals surface area contributed by atoms with E-state index in [1.165, 1.54) is 6.20 Å². The SMILES string of the molecule is C[C@]1(C(=O)O)C=CN=C2C(N)=CC=CC21. The van der Waals surface area contributed by atoms with Gasteiger partial charge in [0.2, 0.25) is 0 Å². The molecule has 0 aromatic heterocycles. The summed E-state index contributed by atoms with van der Waals surface area (Å²) in [6.07, 6.45) is 8.45. The van der Waals surface area contributed by atoms with Crippen molar-refractivity contribution in [3.05, 3.63) is 36.2 Å². The normalized spacial score (nSPS) is 33.0. The quantitative estimate of drug-likeness (QED) is 0.670. The first-order valence-electron chi connectivity index (χ1n) is 4.69. The average molecular weight is 204 g/mol. The largest absolute Gasteiger partial charge is 0.481 e. The zero-order chi connectivity index (χ0) is 11.1. The third-order valence-electron chi connectivity index (χ3n) is 2.91. The standard InChI is InChI=1S/C11H12N2O2/c1-11(10(14)15)5-6-13-9-7(11)3-2-4-8(9)12/h2-7H,12H2,1H3,(H,14,15)/t7?,11-/m0/s1. The second-order valence-electron chi connectivity index (χ2n) is 3.90. The Morgan fingerprint density at radius 1 is 1.67 bits per heavy atom. The maximum Gasteiger partial charge on any atom is 0.314 e. The molecule has 2 aliphatic rings. The second kappa shape index (κ2) is 3.08. The van der Waals surface area contributed by atoms with Gasteiger partial charge < -0.3 is 10.8 Å². The van der Waals surface area contributed by atoms with Crippen LogP contribution >= 0.6 is 0 Å². The lowest BCUT2D eigenvalue weighted by Gasteiger charge is -2.33. The highest BCUT2D eigenvalue weighted by molar-refractivity contribution is 6.07. The van der Waals surface area contributed by atoms with Gasteiger partial charge >= 0.3 is 5.97 Å². The number of aliphatic imine (C=N–C) groups is 1. The van der Waals surface area contributed by atoms with Crippen molar-refractivity contribution in [1.82, 2.24) is 0 Å². The number of allylic oxidation sites excluding steroid dienone is 4. The third-order valence-corrected chi connectivity index (χ3v) is 2.91. The molecule has 1 aliphatic heterocycles. The number of aliphatic carboxylic acids is 1. The van der Waals surface area contributed by atoms with E-state index in [0.29, 0.717) is 11.4 Å². The number of fused-ring (bicyclic) bond motifs is 1. The van der Waals surface area contributed by atoms with Crippen LogP contribution in [0.3, 0.4) is 0 Å². The number of nitrogens with two attached hydrogens (primary N) is 1. The maximum absolute atomic E-state index is 11.2. The summed E-state index contributed by atoms with van der Waals surface area (Å²) in [5.74, 6) is -1.14. The summed E-state index contributed by atoms with van der Waals surface area (Å²) >= 11 is 0. The number of rotatable bonds is 1. The predicted octanol–water partition coefficient (Wildman–Crippen LogP) is 1.07. The van der Waals surface area contributed by atoms with Crippen LogP contribution in [0.25, 0.3) is 0 Å². The van der Waals surface area contributed by atoms with E-state index in [9.17, 15) is 9.90 Å². The van der Waals surface area contributed by atoms with Crippen molar-refractivity contribution in [3.63, 3.8) is 0 Å². The van der Waals surface area contributed by atoms with Gasteiger partial charge in [-0.25, -0.2) is 0 Å². The highest BCUT2D eigenvalue weighted by Crippen LogP contribution is 2.37. The fourth-order valence-electron chi connectivity index (χ4n) is 1.85. The third kappa shape index (κ3) is 1.29. The Bertz CT molecular complexity index is 432. The molecule has 0 aromatic rings. The molecule has 0 saturated carbocycles. The lowest BCUT2D eigenvalue weighted by Crippen LogP contribution is -2.41. The van der Waals surface area contributed by atoms with Gasteiger partial charge in [0.15, 0.2) is 0 Å². The van der Waals surface area contributed by atoms with Crippen molar-refractivity contribution >= 4 is 11.7 Å². The van der Waals surface area contributed by atoms with E-state index in [1.54, 1.807) is 25.2 Å². The fraction of sp³-hybridized carbons (Fsp3) is 0.273. The number of carboxylic acids is 1. The van der Waals surface area contributed by atoms with E-state index in [-0.39, 0.29) is 5.92 Å². The van der Waals surface area contributed by atoms with Crippen molar-refractivity contribution in [2.24, 2.45) is 22.1 Å². The molecule has 0 spiro atoms. The number of nitrogens with zero attached hydrogens (tertiary/aromatic N) is 1. The van der Waals surface area contributed by atoms with Crippen molar-refractivity contribution in [2.45, 2.75) is 6.92 Å². The smallest absolute Gasteiger partial charge is 0.314 e. The molecule has 4 heteroatoms. The summed E-state index contributed by atoms with van der Waals surface area (Å²) in [4.78, 5) is 15.4. The first kappa shape index (κ1) is 9.71. The Labute approximate surface area is 87.5 Å². The minimum absolute atomic E-state index is 0.273. The zero-order valence-corrected chi connectivity index (χ0v) is 8.34. The molecule has 0 fully saturated rings. The number of carboxylic acid groups (broad SMARTS) is 1. The average Bonchev–Trinajstić information content (AvgIpc) is 2.20. The Balaban J connectivity index is 2.49. The summed E-state index contributed by atoms with van der Waals surface area (Å²) in [7, 11) is 0. The summed E-state index contributed by atoms with van der Waals surface area (Å²) in [6, 6.07) is 0. The second-order valence-corrected chi connectivity index (χ2v) is 3.90. The van der Waals surface area contributed by atoms with Gasteiger partial charge in [0.25, 0.3) is 0 Å². The molecule has 4 nitrogen and oxygen atoms in total. The Kier molecular flexibility index (Phi) is 2.00. The van der Waals surface area contributed by atoms with Gasteiger partial charge in [0, 0.05) is 12.1 Å².